The van der Waals surface area contributed by atoms with Gasteiger partial charge in [-0.3, -0.25) is 0 Å². The topological polar surface area (TPSA) is 95.2 Å². The minimum absolute atomic E-state index is 0.104. The van der Waals surface area contributed by atoms with E-state index in [1.165, 1.54) is 0 Å². The van der Waals surface area contributed by atoms with E-state index in [1.807, 2.05) is 18.2 Å². The molecule has 2 unspecified atom stereocenters. The number of nitriles is 4. The highest BCUT2D eigenvalue weighted by Gasteiger charge is 2.20. The lowest BCUT2D eigenvalue weighted by molar-refractivity contribution is 0.451. The lowest BCUT2D eigenvalue weighted by Gasteiger charge is -2.11. The maximum absolute atomic E-state index is 8.84. The molecule has 0 aromatic heterocycles. The van der Waals surface area contributed by atoms with Gasteiger partial charge in [0.25, 0.3) is 0 Å². The first-order chi connectivity index (χ1) is 7.29. The summed E-state index contributed by atoms with van der Waals surface area (Å²) in [7, 11) is 0. The second kappa shape index (κ2) is 8.55. The Morgan fingerprint density at radius 1 is 0.800 bits per heavy atom. The fourth-order valence-corrected chi connectivity index (χ4v) is 1.30. The van der Waals surface area contributed by atoms with Crippen molar-refractivity contribution >= 4 is 0 Å². The summed E-state index contributed by atoms with van der Waals surface area (Å²) in [4.78, 5) is 0. The highest BCUT2D eigenvalue weighted by atomic mass is 14.4. The highest BCUT2D eigenvalue weighted by molar-refractivity contribution is 5.01. The smallest absolute Gasteiger partial charge is 0.0751 e. The molecule has 0 spiro atoms. The van der Waals surface area contributed by atoms with Gasteiger partial charge in [0.15, 0.2) is 0 Å². The number of hydrogen-bond donors (Lipinski definition) is 0. The van der Waals surface area contributed by atoms with Crippen molar-refractivity contribution in [3.8, 4) is 24.3 Å². The van der Waals surface area contributed by atoms with Crippen LogP contribution in [0, 0.1) is 57.2 Å². The molecule has 0 bridgehead atoms. The van der Waals surface area contributed by atoms with Crippen LogP contribution in [0.5, 0.6) is 0 Å². The van der Waals surface area contributed by atoms with Crippen LogP contribution in [0.3, 0.4) is 0 Å². The summed E-state index contributed by atoms with van der Waals surface area (Å²) in [6, 6.07) is 7.98. The third-order valence-electron chi connectivity index (χ3n) is 2.18. The summed E-state index contributed by atoms with van der Waals surface area (Å²) in [6.45, 7) is 0. The molecule has 0 N–H and O–H groups in total. The third-order valence-corrected chi connectivity index (χ3v) is 2.18. The van der Waals surface area contributed by atoms with Gasteiger partial charge in [0, 0.05) is 6.42 Å². The van der Waals surface area contributed by atoms with E-state index in [0.717, 1.165) is 12.8 Å². The average Bonchev–Trinajstić information content (AvgIpc) is 2.27. The molecule has 0 saturated heterocycles. The zero-order chi connectivity index (χ0) is 11.5. The van der Waals surface area contributed by atoms with E-state index in [1.54, 1.807) is 0 Å². The predicted molar refractivity (Wildman–Crippen MR) is 52.5 cm³/mol. The lowest BCUT2D eigenvalue weighted by Crippen LogP contribution is -2.10. The Morgan fingerprint density at radius 2 is 1.47 bits per heavy atom. The molecule has 0 amide bonds. The average molecular weight is 200 g/mol. The van der Waals surface area contributed by atoms with Gasteiger partial charge in [-0.15, -0.1) is 0 Å². The van der Waals surface area contributed by atoms with Gasteiger partial charge >= 0.3 is 0 Å². The Balaban J connectivity index is 4.04. The van der Waals surface area contributed by atoms with E-state index in [9.17, 15) is 0 Å². The fraction of sp³-hybridized carbons (Fsp3) is 0.636. The summed E-state index contributed by atoms with van der Waals surface area (Å²) in [5.74, 6) is -0.879. The molecule has 0 radical (unpaired) electrons. The summed E-state index contributed by atoms with van der Waals surface area (Å²) >= 11 is 0. The van der Waals surface area contributed by atoms with Crippen molar-refractivity contribution in [2.24, 2.45) is 11.8 Å². The van der Waals surface area contributed by atoms with Gasteiger partial charge in [-0.1, -0.05) is 6.42 Å². The molecule has 0 saturated carbocycles. The molecule has 0 aliphatic heterocycles. The van der Waals surface area contributed by atoms with Crippen LogP contribution in [0.25, 0.3) is 0 Å². The molecule has 4 nitrogen and oxygen atoms in total. The van der Waals surface area contributed by atoms with Crippen molar-refractivity contribution in [2.45, 2.75) is 32.1 Å². The van der Waals surface area contributed by atoms with Gasteiger partial charge in [0.2, 0.25) is 0 Å². The van der Waals surface area contributed by atoms with E-state index in [-0.39, 0.29) is 12.3 Å². The Morgan fingerprint density at radius 3 is 1.93 bits per heavy atom. The molecule has 0 fully saturated rings. The molecule has 15 heavy (non-hydrogen) atoms. The highest BCUT2D eigenvalue weighted by Crippen LogP contribution is 2.20. The van der Waals surface area contributed by atoms with Crippen molar-refractivity contribution < 1.29 is 0 Å². The van der Waals surface area contributed by atoms with Crippen LogP contribution in [0.4, 0.5) is 0 Å². The van der Waals surface area contributed by atoms with Crippen LogP contribution in [-0.4, -0.2) is 0 Å². The summed E-state index contributed by atoms with van der Waals surface area (Å²) in [5, 5.41) is 34.4. The molecule has 4 heteroatoms. The summed E-state index contributed by atoms with van der Waals surface area (Å²) in [5.41, 5.74) is 0. The van der Waals surface area contributed by atoms with Gasteiger partial charge in [0.05, 0.1) is 42.5 Å². The van der Waals surface area contributed by atoms with Crippen LogP contribution in [0.2, 0.25) is 0 Å². The molecular weight excluding hydrogens is 188 g/mol. The first-order valence-corrected chi connectivity index (χ1v) is 4.83. The lowest BCUT2D eigenvalue weighted by atomic mass is 9.88. The summed E-state index contributed by atoms with van der Waals surface area (Å²) < 4.78 is 0. The van der Waals surface area contributed by atoms with Gasteiger partial charge in [-0.25, -0.2) is 0 Å². The number of rotatable bonds is 6. The normalized spacial score (nSPS) is 12.5. The standard InChI is InChI=1S/C11H12N4/c12-6-3-1-2-4-10(8-14)11(9-15)5-7-13/h10-11H,1-5H2. The van der Waals surface area contributed by atoms with E-state index in [0.29, 0.717) is 12.8 Å². The van der Waals surface area contributed by atoms with Gasteiger partial charge in [-0.05, 0) is 12.8 Å². The second-order valence-electron chi connectivity index (χ2n) is 3.24. The minimum atomic E-state index is -0.498. The quantitative estimate of drug-likeness (QED) is 0.614. The van der Waals surface area contributed by atoms with Crippen molar-refractivity contribution in [2.75, 3.05) is 0 Å². The van der Waals surface area contributed by atoms with Gasteiger partial charge < -0.3 is 0 Å². The molecular formula is C11H12N4. The third kappa shape index (κ3) is 5.30. The Hall–Kier alpha value is -2.04. The number of hydrogen-bond acceptors (Lipinski definition) is 4. The zero-order valence-electron chi connectivity index (χ0n) is 8.48. The Bertz CT molecular complexity index is 334. The second-order valence-corrected chi connectivity index (χ2v) is 3.24. The van der Waals surface area contributed by atoms with Crippen LogP contribution < -0.4 is 0 Å². The first kappa shape index (κ1) is 13.0. The van der Waals surface area contributed by atoms with Crippen molar-refractivity contribution in [1.29, 1.82) is 21.0 Å². The molecule has 0 aliphatic rings. The predicted octanol–water partition coefficient (Wildman–Crippen LogP) is 2.26. The molecule has 0 aliphatic carbocycles. The van der Waals surface area contributed by atoms with Crippen LogP contribution >= 0.6 is 0 Å². The van der Waals surface area contributed by atoms with Crippen LogP contribution in [0.15, 0.2) is 0 Å². The maximum Gasteiger partial charge on any atom is 0.0751 e. The maximum atomic E-state index is 8.84. The molecule has 0 aromatic carbocycles. The SMILES string of the molecule is N#CCCCCC(C#N)C(C#N)CC#N. The van der Waals surface area contributed by atoms with Crippen LogP contribution in [0.1, 0.15) is 32.1 Å². The van der Waals surface area contributed by atoms with Crippen molar-refractivity contribution in [3.05, 3.63) is 0 Å². The van der Waals surface area contributed by atoms with Crippen molar-refractivity contribution in [1.82, 2.24) is 0 Å². The van der Waals surface area contributed by atoms with Crippen LogP contribution in [-0.2, 0) is 0 Å². The Kier molecular flexibility index (Phi) is 7.39. The fourth-order valence-electron chi connectivity index (χ4n) is 1.30. The van der Waals surface area contributed by atoms with Gasteiger partial charge in [0.1, 0.15) is 0 Å². The van der Waals surface area contributed by atoms with Gasteiger partial charge in [-0.2, -0.15) is 21.0 Å². The zero-order valence-corrected chi connectivity index (χ0v) is 8.48. The molecule has 2 atom stereocenters. The largest absolute Gasteiger partial charge is 0.198 e. The van der Waals surface area contributed by atoms with E-state index in [2.05, 4.69) is 6.07 Å². The van der Waals surface area contributed by atoms with E-state index < -0.39 is 5.92 Å². The van der Waals surface area contributed by atoms with E-state index >= 15 is 0 Å². The van der Waals surface area contributed by atoms with E-state index in [4.69, 9.17) is 21.0 Å². The Labute approximate surface area is 90.0 Å². The number of nitrogens with zero attached hydrogens (tertiary/aromatic N) is 4. The first-order valence-electron chi connectivity index (χ1n) is 4.83. The number of unbranched alkanes of at least 4 members (excludes halogenated alkanes) is 2. The van der Waals surface area contributed by atoms with Crippen molar-refractivity contribution in [3.63, 3.8) is 0 Å². The molecule has 0 aromatic rings. The monoisotopic (exact) mass is 200 g/mol. The minimum Gasteiger partial charge on any atom is -0.198 e. The molecule has 76 valence electrons. The molecule has 0 heterocycles. The molecule has 0 rings (SSSR count). The summed E-state index contributed by atoms with van der Waals surface area (Å²) in [6.07, 6.45) is 2.69.